The van der Waals surface area contributed by atoms with E-state index in [2.05, 4.69) is 12.2 Å². The molecular weight excluding hydrogens is 230 g/mol. The minimum atomic E-state index is -0.753. The fourth-order valence-corrected chi connectivity index (χ4v) is 3.33. The molecule has 2 saturated carbocycles. The molecule has 0 spiro atoms. The van der Waals surface area contributed by atoms with Gasteiger partial charge >= 0.3 is 5.97 Å². The molecule has 0 radical (unpaired) electrons. The molecule has 2 fully saturated rings. The van der Waals surface area contributed by atoms with Gasteiger partial charge in [-0.3, -0.25) is 9.59 Å². The van der Waals surface area contributed by atoms with Gasteiger partial charge < -0.3 is 10.4 Å². The van der Waals surface area contributed by atoms with Crippen molar-refractivity contribution < 1.29 is 14.7 Å². The monoisotopic (exact) mass is 253 g/mol. The third kappa shape index (κ3) is 3.24. The summed E-state index contributed by atoms with van der Waals surface area (Å²) < 4.78 is 0. The number of carboxylic acids is 1. The van der Waals surface area contributed by atoms with Crippen molar-refractivity contribution in [2.75, 3.05) is 0 Å². The number of rotatable bonds is 3. The molecule has 0 aliphatic heterocycles. The minimum absolute atomic E-state index is 0.0802. The van der Waals surface area contributed by atoms with Gasteiger partial charge in [0.25, 0.3) is 0 Å². The van der Waals surface area contributed by atoms with Gasteiger partial charge in [0.15, 0.2) is 0 Å². The van der Waals surface area contributed by atoms with E-state index in [0.717, 1.165) is 19.3 Å². The predicted molar refractivity (Wildman–Crippen MR) is 68.0 cm³/mol. The first kappa shape index (κ1) is 13.4. The Morgan fingerprint density at radius 2 is 1.78 bits per heavy atom. The van der Waals surface area contributed by atoms with Gasteiger partial charge in [0.2, 0.25) is 5.91 Å². The van der Waals surface area contributed by atoms with Gasteiger partial charge in [0.05, 0.1) is 5.92 Å². The van der Waals surface area contributed by atoms with Crippen LogP contribution in [0.3, 0.4) is 0 Å². The summed E-state index contributed by atoms with van der Waals surface area (Å²) in [5.74, 6) is -0.372. The summed E-state index contributed by atoms with van der Waals surface area (Å²) in [5.41, 5.74) is 0. The molecule has 0 aromatic carbocycles. The van der Waals surface area contributed by atoms with E-state index in [1.165, 1.54) is 12.8 Å². The van der Waals surface area contributed by atoms with Crippen LogP contribution in [0.1, 0.15) is 51.9 Å². The SMILES string of the molecule is CC1CCCC(NC(=O)[C@@H]2CC[C@H](C(=O)O)C2)C1. The van der Waals surface area contributed by atoms with Crippen molar-refractivity contribution in [2.24, 2.45) is 17.8 Å². The second-order valence-corrected chi connectivity index (χ2v) is 6.02. The average Bonchev–Trinajstić information content (AvgIpc) is 2.78. The first-order valence-corrected chi connectivity index (χ1v) is 7.09. The van der Waals surface area contributed by atoms with E-state index < -0.39 is 5.97 Å². The van der Waals surface area contributed by atoms with Gasteiger partial charge in [-0.15, -0.1) is 0 Å². The second-order valence-electron chi connectivity index (χ2n) is 6.02. The van der Waals surface area contributed by atoms with Crippen LogP contribution in [-0.2, 0) is 9.59 Å². The summed E-state index contributed by atoms with van der Waals surface area (Å²) in [6, 6.07) is 0.310. The van der Waals surface area contributed by atoms with Crippen LogP contribution in [0.25, 0.3) is 0 Å². The second kappa shape index (κ2) is 5.72. The number of carboxylic acid groups (broad SMARTS) is 1. The summed E-state index contributed by atoms with van der Waals surface area (Å²) in [7, 11) is 0. The van der Waals surface area contributed by atoms with Crippen LogP contribution < -0.4 is 5.32 Å². The zero-order valence-electron chi connectivity index (χ0n) is 11.0. The molecule has 18 heavy (non-hydrogen) atoms. The number of amides is 1. The highest BCUT2D eigenvalue weighted by Gasteiger charge is 2.34. The zero-order chi connectivity index (χ0) is 13.1. The molecule has 1 amide bonds. The van der Waals surface area contributed by atoms with Crippen LogP contribution in [0, 0.1) is 17.8 Å². The fraction of sp³-hybridized carbons (Fsp3) is 0.857. The Morgan fingerprint density at radius 1 is 1.06 bits per heavy atom. The first-order chi connectivity index (χ1) is 8.56. The normalized spacial score (nSPS) is 36.3. The van der Waals surface area contributed by atoms with Crippen molar-refractivity contribution in [2.45, 2.75) is 57.9 Å². The van der Waals surface area contributed by atoms with Gasteiger partial charge in [-0.05, 0) is 38.0 Å². The van der Waals surface area contributed by atoms with Gasteiger partial charge in [0, 0.05) is 12.0 Å². The number of nitrogens with one attached hydrogen (secondary N) is 1. The lowest BCUT2D eigenvalue weighted by atomic mass is 9.87. The van der Waals surface area contributed by atoms with E-state index in [0.29, 0.717) is 24.8 Å². The highest BCUT2D eigenvalue weighted by Crippen LogP contribution is 2.32. The zero-order valence-corrected chi connectivity index (χ0v) is 11.0. The van der Waals surface area contributed by atoms with Gasteiger partial charge in [0.1, 0.15) is 0 Å². The van der Waals surface area contributed by atoms with Crippen LogP contribution in [0.5, 0.6) is 0 Å². The van der Waals surface area contributed by atoms with E-state index in [1.54, 1.807) is 0 Å². The average molecular weight is 253 g/mol. The van der Waals surface area contributed by atoms with Crippen molar-refractivity contribution in [3.63, 3.8) is 0 Å². The Balaban J connectivity index is 1.80. The minimum Gasteiger partial charge on any atom is -0.481 e. The molecule has 0 aromatic rings. The van der Waals surface area contributed by atoms with Crippen molar-refractivity contribution in [3.8, 4) is 0 Å². The van der Waals surface area contributed by atoms with Crippen LogP contribution >= 0.6 is 0 Å². The lowest BCUT2D eigenvalue weighted by Crippen LogP contribution is -2.40. The van der Waals surface area contributed by atoms with Crippen LogP contribution in [0.15, 0.2) is 0 Å². The summed E-state index contributed by atoms with van der Waals surface area (Å²) in [6.07, 6.45) is 6.49. The largest absolute Gasteiger partial charge is 0.481 e. The molecule has 2 N–H and O–H groups in total. The molecule has 2 aliphatic carbocycles. The molecule has 2 aliphatic rings. The quantitative estimate of drug-likeness (QED) is 0.810. The number of hydrogen-bond donors (Lipinski definition) is 2. The molecule has 0 saturated heterocycles. The van der Waals surface area contributed by atoms with Crippen LogP contribution in [-0.4, -0.2) is 23.0 Å². The maximum atomic E-state index is 12.1. The summed E-state index contributed by atoms with van der Waals surface area (Å²) in [6.45, 7) is 2.23. The maximum absolute atomic E-state index is 12.1. The molecular formula is C14H23NO3. The van der Waals surface area contributed by atoms with E-state index in [4.69, 9.17) is 5.11 Å². The molecule has 4 atom stereocenters. The molecule has 2 unspecified atom stereocenters. The van der Waals surface area contributed by atoms with Crippen LogP contribution in [0.4, 0.5) is 0 Å². The lowest BCUT2D eigenvalue weighted by molar-refractivity contribution is -0.141. The Bertz CT molecular complexity index is 329. The number of carbonyl (C=O) groups is 2. The topological polar surface area (TPSA) is 66.4 Å². The molecule has 2 rings (SSSR count). The fourth-order valence-electron chi connectivity index (χ4n) is 3.33. The Hall–Kier alpha value is -1.06. The summed E-state index contributed by atoms with van der Waals surface area (Å²) in [4.78, 5) is 23.0. The lowest BCUT2D eigenvalue weighted by Gasteiger charge is -2.28. The van der Waals surface area contributed by atoms with Gasteiger partial charge in [-0.1, -0.05) is 19.8 Å². The highest BCUT2D eigenvalue weighted by molar-refractivity contribution is 5.81. The number of hydrogen-bond acceptors (Lipinski definition) is 2. The molecule has 0 bridgehead atoms. The summed E-state index contributed by atoms with van der Waals surface area (Å²) in [5, 5.41) is 12.1. The van der Waals surface area contributed by atoms with Crippen molar-refractivity contribution in [1.82, 2.24) is 5.32 Å². The molecule has 0 aromatic heterocycles. The number of carbonyl (C=O) groups excluding carboxylic acids is 1. The molecule has 4 nitrogen and oxygen atoms in total. The predicted octanol–water partition coefficient (Wildman–Crippen LogP) is 2.18. The Morgan fingerprint density at radius 3 is 2.39 bits per heavy atom. The van der Waals surface area contributed by atoms with Gasteiger partial charge in [-0.25, -0.2) is 0 Å². The number of aliphatic carboxylic acids is 1. The maximum Gasteiger partial charge on any atom is 0.306 e. The standard InChI is InChI=1S/C14H23NO3/c1-9-3-2-4-12(7-9)15-13(16)10-5-6-11(8-10)14(17)18/h9-12H,2-8H2,1H3,(H,15,16)(H,17,18)/t9?,10-,11+,12?/m1/s1. The van der Waals surface area contributed by atoms with E-state index in [9.17, 15) is 9.59 Å². The van der Waals surface area contributed by atoms with Crippen LogP contribution in [0.2, 0.25) is 0 Å². The van der Waals surface area contributed by atoms with E-state index in [1.807, 2.05) is 0 Å². The van der Waals surface area contributed by atoms with Gasteiger partial charge in [-0.2, -0.15) is 0 Å². The third-order valence-corrected chi connectivity index (χ3v) is 4.44. The summed E-state index contributed by atoms with van der Waals surface area (Å²) >= 11 is 0. The Kier molecular flexibility index (Phi) is 4.25. The molecule has 102 valence electrons. The van der Waals surface area contributed by atoms with E-state index in [-0.39, 0.29) is 17.7 Å². The molecule has 4 heteroatoms. The Labute approximate surface area is 108 Å². The van der Waals surface area contributed by atoms with Crippen molar-refractivity contribution in [1.29, 1.82) is 0 Å². The van der Waals surface area contributed by atoms with Crippen molar-refractivity contribution >= 4 is 11.9 Å². The first-order valence-electron chi connectivity index (χ1n) is 7.09. The van der Waals surface area contributed by atoms with Crippen molar-refractivity contribution in [3.05, 3.63) is 0 Å². The smallest absolute Gasteiger partial charge is 0.306 e. The van der Waals surface area contributed by atoms with E-state index >= 15 is 0 Å². The molecule has 0 heterocycles. The highest BCUT2D eigenvalue weighted by atomic mass is 16.4. The third-order valence-electron chi connectivity index (χ3n) is 4.44.